The van der Waals surface area contributed by atoms with Gasteiger partial charge in [0.2, 0.25) is 5.91 Å². The van der Waals surface area contributed by atoms with Crippen molar-refractivity contribution in [3.63, 3.8) is 0 Å². The number of ether oxygens (including phenoxy) is 1. The van der Waals surface area contributed by atoms with Crippen molar-refractivity contribution in [1.82, 2.24) is 9.97 Å². The lowest BCUT2D eigenvalue weighted by molar-refractivity contribution is -0.115. The van der Waals surface area contributed by atoms with E-state index >= 15 is 0 Å². The van der Waals surface area contributed by atoms with Crippen LogP contribution in [0.1, 0.15) is 28.3 Å². The highest BCUT2D eigenvalue weighted by atomic mass is 16.5. The topological polar surface area (TPSA) is 84.4 Å². The first-order valence-electron chi connectivity index (χ1n) is 7.80. The van der Waals surface area contributed by atoms with Gasteiger partial charge >= 0.3 is 0 Å². The first-order valence-corrected chi connectivity index (χ1v) is 7.80. The minimum atomic E-state index is -0.131. The fourth-order valence-electron chi connectivity index (χ4n) is 3.29. The van der Waals surface area contributed by atoms with Gasteiger partial charge in [-0.1, -0.05) is 0 Å². The summed E-state index contributed by atoms with van der Waals surface area (Å²) in [4.78, 5) is 33.9. The van der Waals surface area contributed by atoms with Crippen LogP contribution < -0.4 is 15.0 Å². The van der Waals surface area contributed by atoms with Crippen LogP contribution >= 0.6 is 0 Å². The molecule has 1 aliphatic carbocycles. The highest BCUT2D eigenvalue weighted by Gasteiger charge is 2.29. The van der Waals surface area contributed by atoms with E-state index in [0.717, 1.165) is 36.2 Å². The van der Waals surface area contributed by atoms with Crippen LogP contribution in [-0.2, 0) is 17.6 Å². The van der Waals surface area contributed by atoms with Gasteiger partial charge in [0.05, 0.1) is 18.5 Å². The summed E-state index contributed by atoms with van der Waals surface area (Å²) in [5, 5.41) is 2.86. The van der Waals surface area contributed by atoms with Crippen molar-refractivity contribution < 1.29 is 14.3 Å². The number of methoxy groups -OCH3 is 1. The standard InChI is InChI=1S/C17H16N4O3/c1-24-10-5-6-14-13(7-10)19-16(23)8-21(14)17-11-3-2-4-12(11)18-15(9-22)20-17/h5-7,9H,2-4,8H2,1H3,(H,19,23). The molecular formula is C17H16N4O3. The number of anilines is 3. The summed E-state index contributed by atoms with van der Waals surface area (Å²) in [6.45, 7) is 0.154. The molecule has 0 radical (unpaired) electrons. The fraction of sp³-hybridized carbons (Fsp3) is 0.294. The van der Waals surface area contributed by atoms with Gasteiger partial charge in [0, 0.05) is 17.3 Å². The fourth-order valence-corrected chi connectivity index (χ4v) is 3.29. The van der Waals surface area contributed by atoms with E-state index in [-0.39, 0.29) is 18.3 Å². The molecule has 122 valence electrons. The number of aryl methyl sites for hydroxylation is 1. The first-order chi connectivity index (χ1) is 11.7. The highest BCUT2D eigenvalue weighted by Crippen LogP contribution is 2.39. The average Bonchev–Trinajstić information content (AvgIpc) is 3.07. The zero-order chi connectivity index (χ0) is 16.7. The molecule has 0 bridgehead atoms. The molecule has 0 atom stereocenters. The Bertz CT molecular complexity index is 850. The van der Waals surface area contributed by atoms with E-state index in [1.807, 2.05) is 17.0 Å². The second-order valence-corrected chi connectivity index (χ2v) is 5.82. The lowest BCUT2D eigenvalue weighted by Gasteiger charge is -2.31. The SMILES string of the molecule is COc1ccc2c(c1)NC(=O)CN2c1nc(C=O)nc2c1CCC2. The van der Waals surface area contributed by atoms with Crippen LogP contribution in [0.5, 0.6) is 5.75 Å². The number of amides is 1. The number of nitrogens with one attached hydrogen (secondary N) is 1. The Labute approximate surface area is 138 Å². The molecule has 0 spiro atoms. The molecule has 1 N–H and O–H groups in total. The van der Waals surface area contributed by atoms with Gasteiger partial charge in [-0.25, -0.2) is 9.97 Å². The third kappa shape index (κ3) is 2.29. The Morgan fingerprint density at radius 2 is 2.17 bits per heavy atom. The Hall–Kier alpha value is -2.96. The lowest BCUT2D eigenvalue weighted by Crippen LogP contribution is -2.36. The molecule has 7 nitrogen and oxygen atoms in total. The Morgan fingerprint density at radius 1 is 1.29 bits per heavy atom. The van der Waals surface area contributed by atoms with Gasteiger partial charge < -0.3 is 15.0 Å². The smallest absolute Gasteiger partial charge is 0.244 e. The Morgan fingerprint density at radius 3 is 2.96 bits per heavy atom. The molecule has 1 aromatic heterocycles. The van der Waals surface area contributed by atoms with E-state index in [0.29, 0.717) is 23.5 Å². The van der Waals surface area contributed by atoms with Gasteiger partial charge in [0.1, 0.15) is 18.1 Å². The number of nitrogens with zero attached hydrogens (tertiary/aromatic N) is 3. The summed E-state index contributed by atoms with van der Waals surface area (Å²) in [7, 11) is 1.58. The normalized spacial score (nSPS) is 15.5. The van der Waals surface area contributed by atoms with Gasteiger partial charge in [-0.3, -0.25) is 9.59 Å². The van der Waals surface area contributed by atoms with E-state index in [1.165, 1.54) is 0 Å². The van der Waals surface area contributed by atoms with Crippen molar-refractivity contribution in [1.29, 1.82) is 0 Å². The van der Waals surface area contributed by atoms with Gasteiger partial charge in [0.25, 0.3) is 0 Å². The number of aromatic nitrogens is 2. The molecule has 7 heteroatoms. The maximum Gasteiger partial charge on any atom is 0.244 e. The lowest BCUT2D eigenvalue weighted by atomic mass is 10.1. The Kier molecular flexibility index (Phi) is 3.41. The van der Waals surface area contributed by atoms with E-state index in [4.69, 9.17) is 4.74 Å². The average molecular weight is 324 g/mol. The summed E-state index contributed by atoms with van der Waals surface area (Å²) in [5.74, 6) is 1.35. The van der Waals surface area contributed by atoms with Crippen LogP contribution in [0, 0.1) is 0 Å². The van der Waals surface area contributed by atoms with E-state index in [1.54, 1.807) is 13.2 Å². The number of benzene rings is 1. The summed E-state index contributed by atoms with van der Waals surface area (Å²) in [6.07, 6.45) is 3.32. The minimum absolute atomic E-state index is 0.131. The van der Waals surface area contributed by atoms with E-state index < -0.39 is 0 Å². The number of fused-ring (bicyclic) bond motifs is 2. The molecule has 1 aromatic carbocycles. The van der Waals surface area contributed by atoms with Crippen LogP contribution in [0.25, 0.3) is 0 Å². The molecule has 0 unspecified atom stereocenters. The number of aldehydes is 1. The molecule has 0 saturated heterocycles. The summed E-state index contributed by atoms with van der Waals surface area (Å²) in [6, 6.07) is 5.50. The van der Waals surface area contributed by atoms with Crippen molar-refractivity contribution >= 4 is 29.4 Å². The quantitative estimate of drug-likeness (QED) is 0.868. The van der Waals surface area contributed by atoms with Gasteiger partial charge in [-0.05, 0) is 31.4 Å². The number of hydrogen-bond donors (Lipinski definition) is 1. The van der Waals surface area contributed by atoms with Gasteiger partial charge in [-0.15, -0.1) is 0 Å². The largest absolute Gasteiger partial charge is 0.497 e. The number of rotatable bonds is 3. The number of carbonyl (C=O) groups excluding carboxylic acids is 2. The van der Waals surface area contributed by atoms with Crippen molar-refractivity contribution in [3.05, 3.63) is 35.3 Å². The molecule has 0 saturated carbocycles. The molecule has 0 fully saturated rings. The molecule has 4 rings (SSSR count). The molecule has 1 aliphatic heterocycles. The zero-order valence-electron chi connectivity index (χ0n) is 13.2. The number of hydrogen-bond acceptors (Lipinski definition) is 6. The predicted octanol–water partition coefficient (Wildman–Crippen LogP) is 1.88. The van der Waals surface area contributed by atoms with Crippen molar-refractivity contribution in [3.8, 4) is 5.75 Å². The van der Waals surface area contributed by atoms with Gasteiger partial charge in [0.15, 0.2) is 12.1 Å². The molecular weight excluding hydrogens is 308 g/mol. The van der Waals surface area contributed by atoms with Gasteiger partial charge in [-0.2, -0.15) is 0 Å². The van der Waals surface area contributed by atoms with Crippen LogP contribution in [0.4, 0.5) is 17.2 Å². The monoisotopic (exact) mass is 324 g/mol. The van der Waals surface area contributed by atoms with Crippen LogP contribution in [0.15, 0.2) is 18.2 Å². The number of carbonyl (C=O) groups is 2. The maximum absolute atomic E-state index is 12.2. The van der Waals surface area contributed by atoms with Crippen LogP contribution in [0.2, 0.25) is 0 Å². The maximum atomic E-state index is 12.2. The van der Waals surface area contributed by atoms with Crippen molar-refractivity contribution in [2.75, 3.05) is 23.9 Å². The van der Waals surface area contributed by atoms with E-state index in [9.17, 15) is 9.59 Å². The molecule has 24 heavy (non-hydrogen) atoms. The molecule has 2 aliphatic rings. The third-order valence-electron chi connectivity index (χ3n) is 4.36. The first kappa shape index (κ1) is 14.6. The third-order valence-corrected chi connectivity index (χ3v) is 4.36. The summed E-state index contributed by atoms with van der Waals surface area (Å²) >= 11 is 0. The molecule has 2 heterocycles. The second-order valence-electron chi connectivity index (χ2n) is 5.82. The van der Waals surface area contributed by atoms with Crippen LogP contribution in [0.3, 0.4) is 0 Å². The minimum Gasteiger partial charge on any atom is -0.497 e. The predicted molar refractivity (Wildman–Crippen MR) is 88.1 cm³/mol. The molecule has 2 aromatic rings. The highest BCUT2D eigenvalue weighted by molar-refractivity contribution is 6.03. The summed E-state index contributed by atoms with van der Waals surface area (Å²) < 4.78 is 5.23. The van der Waals surface area contributed by atoms with Crippen molar-refractivity contribution in [2.45, 2.75) is 19.3 Å². The zero-order valence-corrected chi connectivity index (χ0v) is 13.2. The molecule has 1 amide bonds. The van der Waals surface area contributed by atoms with Crippen molar-refractivity contribution in [2.24, 2.45) is 0 Å². The van der Waals surface area contributed by atoms with Crippen LogP contribution in [-0.4, -0.2) is 35.8 Å². The second kappa shape index (κ2) is 5.59. The Balaban J connectivity index is 1.88. The van der Waals surface area contributed by atoms with E-state index in [2.05, 4.69) is 15.3 Å². The summed E-state index contributed by atoms with van der Waals surface area (Å²) in [5.41, 5.74) is 3.43.